The highest BCUT2D eigenvalue weighted by atomic mass is 32.2. The zero-order valence-corrected chi connectivity index (χ0v) is 22.1. The van der Waals surface area contributed by atoms with Gasteiger partial charge in [0, 0.05) is 0 Å². The number of hydrogen-bond acceptors (Lipinski definition) is 9. The summed E-state index contributed by atoms with van der Waals surface area (Å²) in [6.45, 7) is 6.22. The molecule has 0 saturated heterocycles. The van der Waals surface area contributed by atoms with Gasteiger partial charge >= 0.3 is 5.97 Å². The Morgan fingerprint density at radius 3 is 1.77 bits per heavy atom. The highest BCUT2D eigenvalue weighted by molar-refractivity contribution is 7.86. The van der Waals surface area contributed by atoms with Crippen LogP contribution in [0.5, 0.6) is 0 Å². The molecule has 0 aliphatic rings. The molecule has 2 atom stereocenters. The molecule has 0 spiro atoms. The van der Waals surface area contributed by atoms with E-state index in [4.69, 9.17) is 14.8 Å². The number of carbonyl (C=O) groups is 2. The third-order valence-electron chi connectivity index (χ3n) is 4.58. The monoisotopic (exact) mass is 539 g/mol. The lowest BCUT2D eigenvalue weighted by atomic mass is 9.86. The summed E-state index contributed by atoms with van der Waals surface area (Å²) >= 11 is 0. The first-order valence-corrected chi connectivity index (χ1v) is 14.0. The minimum Gasteiger partial charge on any atom is -0.468 e. The van der Waals surface area contributed by atoms with Gasteiger partial charge < -0.3 is 21.1 Å². The summed E-state index contributed by atoms with van der Waals surface area (Å²) in [7, 11) is -6.60. The van der Waals surface area contributed by atoms with Crippen molar-refractivity contribution in [3.63, 3.8) is 0 Å². The molecular formula is C21H37N3O9S2. The predicted molar refractivity (Wildman–Crippen MR) is 132 cm³/mol. The topological polar surface area (TPSA) is 202 Å². The van der Waals surface area contributed by atoms with Crippen LogP contribution >= 0.6 is 0 Å². The van der Waals surface area contributed by atoms with E-state index >= 15 is 0 Å². The minimum absolute atomic E-state index is 0.204. The summed E-state index contributed by atoms with van der Waals surface area (Å²) in [6.07, 6.45) is 0.442. The van der Waals surface area contributed by atoms with Crippen LogP contribution < -0.4 is 16.4 Å². The molecule has 6 N–H and O–H groups in total. The zero-order valence-electron chi connectivity index (χ0n) is 20.4. The van der Waals surface area contributed by atoms with Crippen molar-refractivity contribution in [2.45, 2.75) is 45.7 Å². The second-order valence-electron chi connectivity index (χ2n) is 8.76. The molecular weight excluding hydrogens is 502 g/mol. The van der Waals surface area contributed by atoms with Crippen LogP contribution in [0.3, 0.4) is 0 Å². The van der Waals surface area contributed by atoms with Gasteiger partial charge in [0.1, 0.15) is 12.1 Å². The average Bonchev–Trinajstić information content (AvgIpc) is 2.71. The van der Waals surface area contributed by atoms with E-state index in [2.05, 4.69) is 15.4 Å². The van der Waals surface area contributed by atoms with Crippen molar-refractivity contribution in [2.24, 2.45) is 11.1 Å². The van der Waals surface area contributed by atoms with Crippen LogP contribution in [0, 0.1) is 5.41 Å². The molecule has 202 valence electrons. The number of nitrogens with one attached hydrogen (secondary N) is 2. The molecule has 0 fully saturated rings. The first-order chi connectivity index (χ1) is 16.0. The number of hydrogen-bond donors (Lipinski definition) is 5. The Labute approximate surface area is 207 Å². The van der Waals surface area contributed by atoms with Crippen molar-refractivity contribution in [2.75, 3.05) is 31.7 Å². The molecule has 1 unspecified atom stereocenters. The van der Waals surface area contributed by atoms with Gasteiger partial charge in [-0.2, -0.15) is 16.8 Å². The van der Waals surface area contributed by atoms with Crippen LogP contribution in [-0.2, 0) is 34.6 Å². The number of primary amides is 1. The average molecular weight is 540 g/mol. The molecule has 0 radical (unpaired) electrons. The van der Waals surface area contributed by atoms with Gasteiger partial charge in [0.2, 0.25) is 5.91 Å². The van der Waals surface area contributed by atoms with Crippen molar-refractivity contribution in [1.29, 1.82) is 0 Å². The van der Waals surface area contributed by atoms with E-state index in [0.29, 0.717) is 6.54 Å². The summed E-state index contributed by atoms with van der Waals surface area (Å²) in [5.74, 6) is -1.59. The molecule has 0 bridgehead atoms. The third-order valence-corrected chi connectivity index (χ3v) is 6.18. The molecule has 35 heavy (non-hydrogen) atoms. The molecule has 1 rings (SSSR count). The fourth-order valence-corrected chi connectivity index (χ4v) is 3.91. The van der Waals surface area contributed by atoms with Gasteiger partial charge in [-0.05, 0) is 36.9 Å². The number of esters is 1. The quantitative estimate of drug-likeness (QED) is 0.133. The number of rotatable bonds is 13. The van der Waals surface area contributed by atoms with Crippen molar-refractivity contribution < 1.29 is 40.3 Å². The van der Waals surface area contributed by atoms with E-state index in [0.717, 1.165) is 5.56 Å². The number of amides is 1. The van der Waals surface area contributed by atoms with Crippen LogP contribution in [0.2, 0.25) is 0 Å². The van der Waals surface area contributed by atoms with Crippen LogP contribution in [0.15, 0.2) is 30.3 Å². The maximum absolute atomic E-state index is 11.5. The normalized spacial score (nSPS) is 13.8. The Balaban J connectivity index is 0.000000662. The molecule has 1 amide bonds. The SMILES string of the molecule is COC(=O)[C@@H](NCCCS(=O)(=O)O)C(C)(C)C.NC(=O)C(NCCCS(=O)(=O)O)c1ccccc1. The first-order valence-electron chi connectivity index (χ1n) is 10.8. The largest absolute Gasteiger partial charge is 0.468 e. The molecule has 0 aromatic heterocycles. The fraction of sp³-hybridized carbons (Fsp3) is 0.619. The highest BCUT2D eigenvalue weighted by Gasteiger charge is 2.31. The van der Waals surface area contributed by atoms with Gasteiger partial charge in [-0.15, -0.1) is 0 Å². The Bertz CT molecular complexity index is 993. The number of methoxy groups -OCH3 is 1. The lowest BCUT2D eigenvalue weighted by molar-refractivity contribution is -0.146. The van der Waals surface area contributed by atoms with Crippen LogP contribution in [0.1, 0.15) is 45.2 Å². The summed E-state index contributed by atoms with van der Waals surface area (Å²) < 4.78 is 63.8. The van der Waals surface area contributed by atoms with Crippen molar-refractivity contribution >= 4 is 32.1 Å². The smallest absolute Gasteiger partial charge is 0.323 e. The first kappa shape index (κ1) is 32.9. The minimum atomic E-state index is -3.96. The van der Waals surface area contributed by atoms with Gasteiger partial charge in [0.05, 0.1) is 18.6 Å². The van der Waals surface area contributed by atoms with Gasteiger partial charge in [0.25, 0.3) is 20.2 Å². The van der Waals surface area contributed by atoms with E-state index in [1.54, 1.807) is 24.3 Å². The van der Waals surface area contributed by atoms with E-state index in [1.807, 2.05) is 26.8 Å². The van der Waals surface area contributed by atoms with Crippen LogP contribution in [-0.4, -0.2) is 75.6 Å². The van der Waals surface area contributed by atoms with Crippen molar-refractivity contribution in [3.05, 3.63) is 35.9 Å². The number of benzene rings is 1. The molecule has 14 heteroatoms. The Morgan fingerprint density at radius 1 is 0.943 bits per heavy atom. The summed E-state index contributed by atoms with van der Waals surface area (Å²) in [5.41, 5.74) is 5.66. The Kier molecular flexibility index (Phi) is 14.2. The molecule has 1 aromatic rings. The number of carbonyl (C=O) groups excluding carboxylic acids is 2. The van der Waals surface area contributed by atoms with Gasteiger partial charge in [-0.25, -0.2) is 0 Å². The molecule has 0 saturated carbocycles. The van der Waals surface area contributed by atoms with Crippen LogP contribution in [0.25, 0.3) is 0 Å². The third kappa shape index (κ3) is 16.2. The standard InChI is InChI=1S/C11H16N2O4S.C10H21NO5S/c12-11(14)10(9-5-2-1-3-6-9)13-7-4-8-18(15,16)17;1-10(2,3)8(9(12)16-4)11-6-5-7-17(13,14)15/h1-3,5-6,10,13H,4,7-8H2,(H2,12,14)(H,15,16,17);8,11H,5-7H2,1-4H3,(H,13,14,15)/t;8-/m.1/s1. The van der Waals surface area contributed by atoms with Crippen molar-refractivity contribution in [1.82, 2.24) is 10.6 Å². The Morgan fingerprint density at radius 2 is 1.40 bits per heavy atom. The number of nitrogens with two attached hydrogens (primary N) is 1. The molecule has 0 aliphatic heterocycles. The van der Waals surface area contributed by atoms with Gasteiger partial charge in [-0.3, -0.25) is 18.7 Å². The summed E-state index contributed by atoms with van der Waals surface area (Å²) in [4.78, 5) is 22.8. The Hall–Kier alpha value is -2.10. The maximum atomic E-state index is 11.5. The highest BCUT2D eigenvalue weighted by Crippen LogP contribution is 2.20. The zero-order chi connectivity index (χ0) is 27.3. The van der Waals surface area contributed by atoms with E-state index in [-0.39, 0.29) is 42.3 Å². The maximum Gasteiger partial charge on any atom is 0.323 e. The van der Waals surface area contributed by atoms with E-state index < -0.39 is 38.2 Å². The lowest BCUT2D eigenvalue weighted by Gasteiger charge is -2.29. The summed E-state index contributed by atoms with van der Waals surface area (Å²) in [6, 6.07) is 7.73. The second-order valence-corrected chi connectivity index (χ2v) is 11.9. The van der Waals surface area contributed by atoms with Crippen molar-refractivity contribution in [3.8, 4) is 0 Å². The summed E-state index contributed by atoms with van der Waals surface area (Å²) in [5, 5.41) is 5.79. The molecule has 12 nitrogen and oxygen atoms in total. The van der Waals surface area contributed by atoms with Gasteiger partial charge in [0.15, 0.2) is 0 Å². The predicted octanol–water partition coefficient (Wildman–Crippen LogP) is 0.522. The lowest BCUT2D eigenvalue weighted by Crippen LogP contribution is -2.47. The number of ether oxygens (including phenoxy) is 1. The van der Waals surface area contributed by atoms with E-state index in [1.165, 1.54) is 7.11 Å². The second kappa shape index (κ2) is 15.1. The van der Waals surface area contributed by atoms with E-state index in [9.17, 15) is 26.4 Å². The molecule has 0 heterocycles. The molecule has 1 aromatic carbocycles. The van der Waals surface area contributed by atoms with Gasteiger partial charge in [-0.1, -0.05) is 51.1 Å². The fourth-order valence-electron chi connectivity index (χ4n) is 2.89. The van der Waals surface area contributed by atoms with Crippen LogP contribution in [0.4, 0.5) is 0 Å². The molecule has 0 aliphatic carbocycles.